The Hall–Kier alpha value is -0.260. The molecule has 0 unspecified atom stereocenters. The van der Waals surface area contributed by atoms with E-state index in [9.17, 15) is 0 Å². The van der Waals surface area contributed by atoms with Crippen LogP contribution >= 0.6 is 0 Å². The van der Waals surface area contributed by atoms with Crippen LogP contribution in [0.3, 0.4) is 0 Å². The van der Waals surface area contributed by atoms with E-state index in [4.69, 9.17) is 0 Å². The first kappa shape index (κ1) is 10.7. The highest BCUT2D eigenvalue weighted by Gasteiger charge is 1.99. The Morgan fingerprint density at radius 2 is 1.64 bits per heavy atom. The molecule has 0 aliphatic carbocycles. The fraction of sp³-hybridized carbons (Fsp3) is 0.818. The highest BCUT2D eigenvalue weighted by Crippen LogP contribution is 2.14. The molecule has 66 valence electrons. The van der Waals surface area contributed by atoms with E-state index in [1.165, 1.54) is 32.1 Å². The topological polar surface area (TPSA) is 0 Å². The molecule has 0 nitrogen and oxygen atoms in total. The van der Waals surface area contributed by atoms with Gasteiger partial charge in [-0.05, 0) is 25.2 Å². The monoisotopic (exact) mass is 154 g/mol. The van der Waals surface area contributed by atoms with Gasteiger partial charge in [-0.25, -0.2) is 0 Å². The van der Waals surface area contributed by atoms with Crippen molar-refractivity contribution < 1.29 is 0 Å². The first-order valence-electron chi connectivity index (χ1n) is 5.00. The van der Waals surface area contributed by atoms with Crippen LogP contribution in [0.1, 0.15) is 52.9 Å². The average molecular weight is 154 g/mol. The lowest BCUT2D eigenvalue weighted by Crippen LogP contribution is -1.94. The minimum absolute atomic E-state index is 0.955. The molecule has 0 spiro atoms. The predicted molar refractivity (Wildman–Crippen MR) is 52.7 cm³/mol. The predicted octanol–water partition coefficient (Wildman–Crippen LogP) is 4.17. The van der Waals surface area contributed by atoms with Gasteiger partial charge in [0.25, 0.3) is 0 Å². The van der Waals surface area contributed by atoms with Gasteiger partial charge >= 0.3 is 0 Å². The zero-order valence-electron chi connectivity index (χ0n) is 8.27. The second-order valence-corrected chi connectivity index (χ2v) is 3.14. The molecular formula is C11H22. The summed E-state index contributed by atoms with van der Waals surface area (Å²) in [5, 5.41) is 0. The fourth-order valence-corrected chi connectivity index (χ4v) is 1.31. The summed E-state index contributed by atoms with van der Waals surface area (Å²) in [5.41, 5.74) is 0. The van der Waals surface area contributed by atoms with E-state index in [0.29, 0.717) is 0 Å². The molecule has 11 heavy (non-hydrogen) atoms. The maximum absolute atomic E-state index is 2.32. The SMILES string of the molecule is CCC=CCCC(CC)CC. The van der Waals surface area contributed by atoms with Crippen molar-refractivity contribution in [1.82, 2.24) is 0 Å². The van der Waals surface area contributed by atoms with Crippen LogP contribution in [0.5, 0.6) is 0 Å². The second-order valence-electron chi connectivity index (χ2n) is 3.14. The van der Waals surface area contributed by atoms with Crippen LogP contribution in [0.4, 0.5) is 0 Å². The van der Waals surface area contributed by atoms with Gasteiger partial charge < -0.3 is 0 Å². The summed E-state index contributed by atoms with van der Waals surface area (Å²) < 4.78 is 0. The van der Waals surface area contributed by atoms with Gasteiger partial charge in [0.15, 0.2) is 0 Å². The van der Waals surface area contributed by atoms with Crippen LogP contribution < -0.4 is 0 Å². The summed E-state index contributed by atoms with van der Waals surface area (Å²) in [7, 11) is 0. The Kier molecular flexibility index (Phi) is 7.66. The lowest BCUT2D eigenvalue weighted by Gasteiger charge is -2.09. The maximum atomic E-state index is 2.32. The summed E-state index contributed by atoms with van der Waals surface area (Å²) in [6, 6.07) is 0. The third-order valence-electron chi connectivity index (χ3n) is 2.30. The molecule has 0 amide bonds. The Bertz CT molecular complexity index is 88.2. The van der Waals surface area contributed by atoms with Crippen LogP contribution in [-0.4, -0.2) is 0 Å². The van der Waals surface area contributed by atoms with Crippen LogP contribution in [0, 0.1) is 5.92 Å². The molecule has 0 radical (unpaired) electrons. The van der Waals surface area contributed by atoms with Gasteiger partial charge in [-0.2, -0.15) is 0 Å². The Morgan fingerprint density at radius 3 is 2.09 bits per heavy atom. The standard InChI is InChI=1S/C11H22/c1-4-7-8-9-10-11(5-2)6-3/h7-8,11H,4-6,9-10H2,1-3H3. The second kappa shape index (κ2) is 7.84. The van der Waals surface area contributed by atoms with E-state index in [2.05, 4.69) is 32.9 Å². The maximum Gasteiger partial charge on any atom is -0.0348 e. The molecule has 0 rings (SSSR count). The van der Waals surface area contributed by atoms with Gasteiger partial charge in [0.2, 0.25) is 0 Å². The van der Waals surface area contributed by atoms with Gasteiger partial charge in [0.05, 0.1) is 0 Å². The Morgan fingerprint density at radius 1 is 1.00 bits per heavy atom. The van der Waals surface area contributed by atoms with Crippen LogP contribution in [0.15, 0.2) is 12.2 Å². The fourth-order valence-electron chi connectivity index (χ4n) is 1.31. The minimum Gasteiger partial charge on any atom is -0.0888 e. The van der Waals surface area contributed by atoms with Gasteiger partial charge in [-0.1, -0.05) is 45.8 Å². The molecule has 0 aromatic rings. The summed E-state index contributed by atoms with van der Waals surface area (Å²) in [6.45, 7) is 6.77. The average Bonchev–Trinajstić information content (AvgIpc) is 2.05. The van der Waals surface area contributed by atoms with E-state index < -0.39 is 0 Å². The molecule has 0 aliphatic rings. The van der Waals surface area contributed by atoms with Crippen molar-refractivity contribution in [3.05, 3.63) is 12.2 Å². The van der Waals surface area contributed by atoms with Gasteiger partial charge in [-0.3, -0.25) is 0 Å². The highest BCUT2D eigenvalue weighted by molar-refractivity contribution is 4.80. The van der Waals surface area contributed by atoms with Crippen molar-refractivity contribution in [1.29, 1.82) is 0 Å². The summed E-state index contributed by atoms with van der Waals surface area (Å²) in [4.78, 5) is 0. The van der Waals surface area contributed by atoms with Crippen LogP contribution in [-0.2, 0) is 0 Å². The van der Waals surface area contributed by atoms with Crippen molar-refractivity contribution in [2.75, 3.05) is 0 Å². The quantitative estimate of drug-likeness (QED) is 0.504. The smallest absolute Gasteiger partial charge is 0.0348 e. The number of hydrogen-bond acceptors (Lipinski definition) is 0. The summed E-state index contributed by atoms with van der Waals surface area (Å²) >= 11 is 0. The third kappa shape index (κ3) is 6.15. The van der Waals surface area contributed by atoms with E-state index in [-0.39, 0.29) is 0 Å². The molecule has 0 atom stereocenters. The van der Waals surface area contributed by atoms with Crippen LogP contribution in [0.2, 0.25) is 0 Å². The molecule has 0 heteroatoms. The largest absolute Gasteiger partial charge is 0.0888 e. The molecule has 0 heterocycles. The molecule has 0 fully saturated rings. The molecule has 0 aromatic carbocycles. The summed E-state index contributed by atoms with van der Waals surface area (Å²) in [5.74, 6) is 0.955. The molecule has 0 aliphatic heterocycles. The van der Waals surface area contributed by atoms with Crippen molar-refractivity contribution in [3.8, 4) is 0 Å². The number of allylic oxidation sites excluding steroid dienone is 2. The zero-order valence-corrected chi connectivity index (χ0v) is 8.27. The minimum atomic E-state index is 0.955. The van der Waals surface area contributed by atoms with Gasteiger partial charge in [0, 0.05) is 0 Å². The third-order valence-corrected chi connectivity index (χ3v) is 2.30. The lowest BCUT2D eigenvalue weighted by molar-refractivity contribution is 0.460. The van der Waals surface area contributed by atoms with Crippen molar-refractivity contribution in [2.45, 2.75) is 52.9 Å². The number of rotatable bonds is 6. The molecular weight excluding hydrogens is 132 g/mol. The molecule has 0 N–H and O–H groups in total. The van der Waals surface area contributed by atoms with Gasteiger partial charge in [-0.15, -0.1) is 0 Å². The molecule has 0 bridgehead atoms. The Balaban J connectivity index is 3.27. The lowest BCUT2D eigenvalue weighted by atomic mass is 9.97. The Labute approximate surface area is 71.7 Å². The van der Waals surface area contributed by atoms with E-state index in [1.54, 1.807) is 0 Å². The molecule has 0 aromatic heterocycles. The van der Waals surface area contributed by atoms with Gasteiger partial charge in [0.1, 0.15) is 0 Å². The highest BCUT2D eigenvalue weighted by atomic mass is 14.1. The van der Waals surface area contributed by atoms with E-state index >= 15 is 0 Å². The van der Waals surface area contributed by atoms with Crippen molar-refractivity contribution in [3.63, 3.8) is 0 Å². The first-order valence-corrected chi connectivity index (χ1v) is 5.00. The van der Waals surface area contributed by atoms with Crippen LogP contribution in [0.25, 0.3) is 0 Å². The van der Waals surface area contributed by atoms with Crippen molar-refractivity contribution in [2.24, 2.45) is 5.92 Å². The number of hydrogen-bond donors (Lipinski definition) is 0. The summed E-state index contributed by atoms with van der Waals surface area (Å²) in [6.07, 6.45) is 11.1. The normalized spacial score (nSPS) is 11.6. The van der Waals surface area contributed by atoms with E-state index in [0.717, 1.165) is 5.92 Å². The van der Waals surface area contributed by atoms with Crippen molar-refractivity contribution >= 4 is 0 Å². The van der Waals surface area contributed by atoms with E-state index in [1.807, 2.05) is 0 Å². The molecule has 0 saturated heterocycles. The first-order chi connectivity index (χ1) is 5.35. The zero-order chi connectivity index (χ0) is 8.53. The molecule has 0 saturated carbocycles.